The van der Waals surface area contributed by atoms with Crippen LogP contribution in [0, 0.1) is 5.92 Å². The van der Waals surface area contributed by atoms with E-state index in [4.69, 9.17) is 0 Å². The summed E-state index contributed by atoms with van der Waals surface area (Å²) in [6.07, 6.45) is 0.0848. The van der Waals surface area contributed by atoms with Crippen LogP contribution < -0.4 is 0 Å². The average Bonchev–Trinajstić information content (AvgIpc) is 2.86. The van der Waals surface area contributed by atoms with Gasteiger partial charge in [0.25, 0.3) is 0 Å². The van der Waals surface area contributed by atoms with Crippen LogP contribution >= 0.6 is 0 Å². The van der Waals surface area contributed by atoms with Crippen molar-refractivity contribution in [1.82, 2.24) is 4.90 Å². The molecule has 1 unspecified atom stereocenters. The molecule has 1 aliphatic heterocycles. The third kappa shape index (κ3) is 4.20. The summed E-state index contributed by atoms with van der Waals surface area (Å²) in [6.45, 7) is 0.680. The first kappa shape index (κ1) is 16.6. The fraction of sp³-hybridized carbons (Fsp3) is 0.278. The van der Waals surface area contributed by atoms with Crippen molar-refractivity contribution >= 4 is 16.1 Å². The zero-order valence-electron chi connectivity index (χ0n) is 13.1. The molecule has 1 aliphatic rings. The molecule has 1 atom stereocenters. The molecule has 1 heterocycles. The first-order valence-electron chi connectivity index (χ1n) is 7.75. The van der Waals surface area contributed by atoms with Gasteiger partial charge in [-0.15, -0.1) is 3.89 Å². The van der Waals surface area contributed by atoms with Crippen LogP contribution in [0.2, 0.25) is 0 Å². The number of nitrogens with zero attached hydrogens (tertiary/aromatic N) is 1. The van der Waals surface area contributed by atoms with E-state index in [1.807, 2.05) is 54.6 Å². The van der Waals surface area contributed by atoms with Crippen molar-refractivity contribution in [1.29, 1.82) is 0 Å². The largest absolute Gasteiger partial charge is 0.338 e. The molecule has 0 aliphatic carbocycles. The summed E-state index contributed by atoms with van der Waals surface area (Å²) in [5.74, 6) is -1.18. The second-order valence-electron chi connectivity index (χ2n) is 6.12. The van der Waals surface area contributed by atoms with Crippen LogP contribution in [0.5, 0.6) is 0 Å². The lowest BCUT2D eigenvalue weighted by Crippen LogP contribution is -2.25. The highest BCUT2D eigenvalue weighted by atomic mass is 32.3. The summed E-state index contributed by atoms with van der Waals surface area (Å²) in [5, 5.41) is 0. The summed E-state index contributed by atoms with van der Waals surface area (Å²) in [7, 11) is -4.55. The van der Waals surface area contributed by atoms with E-state index in [2.05, 4.69) is 0 Å². The Morgan fingerprint density at radius 1 is 1.04 bits per heavy atom. The quantitative estimate of drug-likeness (QED) is 0.781. The Morgan fingerprint density at radius 3 is 2.46 bits per heavy atom. The molecule has 0 bridgehead atoms. The Bertz CT molecular complexity index is 836. The Morgan fingerprint density at radius 2 is 1.75 bits per heavy atom. The lowest BCUT2D eigenvalue weighted by Gasteiger charge is -2.17. The van der Waals surface area contributed by atoms with Gasteiger partial charge in [0.05, 0.1) is 5.75 Å². The highest BCUT2D eigenvalue weighted by molar-refractivity contribution is 7.86. The fourth-order valence-electron chi connectivity index (χ4n) is 3.10. The van der Waals surface area contributed by atoms with Gasteiger partial charge in [-0.3, -0.25) is 4.79 Å². The predicted molar refractivity (Wildman–Crippen MR) is 90.3 cm³/mol. The third-order valence-corrected chi connectivity index (χ3v) is 5.01. The van der Waals surface area contributed by atoms with Crippen molar-refractivity contribution in [2.45, 2.75) is 13.0 Å². The maximum atomic E-state index is 12.8. The van der Waals surface area contributed by atoms with E-state index in [1.54, 1.807) is 4.90 Å². The minimum atomic E-state index is -4.55. The molecule has 1 fully saturated rings. The van der Waals surface area contributed by atoms with Crippen LogP contribution in [0.25, 0.3) is 11.1 Å². The van der Waals surface area contributed by atoms with Gasteiger partial charge in [-0.1, -0.05) is 48.5 Å². The molecule has 0 spiro atoms. The molecular formula is C18H18FNO3S. The number of carbonyl (C=O) groups excluding carboxylic acids is 1. The molecule has 2 aromatic carbocycles. The highest BCUT2D eigenvalue weighted by Crippen LogP contribution is 2.24. The Labute approximate surface area is 141 Å². The van der Waals surface area contributed by atoms with Crippen molar-refractivity contribution in [3.05, 3.63) is 60.2 Å². The number of rotatable bonds is 5. The number of halogens is 1. The Kier molecular flexibility index (Phi) is 4.66. The van der Waals surface area contributed by atoms with E-state index in [0.29, 0.717) is 6.54 Å². The van der Waals surface area contributed by atoms with E-state index in [9.17, 15) is 17.1 Å². The fourth-order valence-corrected chi connectivity index (χ4v) is 3.89. The molecule has 0 saturated carbocycles. The monoisotopic (exact) mass is 347 g/mol. The minimum Gasteiger partial charge on any atom is -0.338 e. The van der Waals surface area contributed by atoms with Gasteiger partial charge in [0.1, 0.15) is 0 Å². The summed E-state index contributed by atoms with van der Waals surface area (Å²) in [6, 6.07) is 17.8. The van der Waals surface area contributed by atoms with Crippen molar-refractivity contribution in [3.63, 3.8) is 0 Å². The molecular weight excluding hydrogens is 329 g/mol. The van der Waals surface area contributed by atoms with E-state index in [1.165, 1.54) is 0 Å². The maximum absolute atomic E-state index is 12.8. The van der Waals surface area contributed by atoms with Crippen LogP contribution in [0.1, 0.15) is 12.0 Å². The average molecular weight is 347 g/mol. The third-order valence-electron chi connectivity index (χ3n) is 4.14. The number of hydrogen-bond donors (Lipinski definition) is 0. The van der Waals surface area contributed by atoms with Crippen LogP contribution in [0.4, 0.5) is 3.89 Å². The number of likely N-dealkylation sites (tertiary alicyclic amines) is 1. The van der Waals surface area contributed by atoms with Crippen LogP contribution in [-0.4, -0.2) is 31.5 Å². The summed E-state index contributed by atoms with van der Waals surface area (Å²) >= 11 is 0. The summed E-state index contributed by atoms with van der Waals surface area (Å²) in [5.41, 5.74) is 3.12. The van der Waals surface area contributed by atoms with Crippen LogP contribution in [0.15, 0.2) is 54.6 Å². The molecule has 24 heavy (non-hydrogen) atoms. The predicted octanol–water partition coefficient (Wildman–Crippen LogP) is 3.00. The number of benzene rings is 2. The molecule has 3 rings (SSSR count). The second-order valence-corrected chi connectivity index (χ2v) is 7.53. The van der Waals surface area contributed by atoms with Gasteiger partial charge in [-0.05, 0) is 22.8 Å². The van der Waals surface area contributed by atoms with Gasteiger partial charge in [0.2, 0.25) is 5.91 Å². The zero-order chi connectivity index (χ0) is 17.2. The normalized spacial score (nSPS) is 18.1. The van der Waals surface area contributed by atoms with E-state index in [-0.39, 0.29) is 18.9 Å². The Hall–Kier alpha value is -2.21. The molecule has 6 heteroatoms. The van der Waals surface area contributed by atoms with Crippen molar-refractivity contribution in [2.75, 3.05) is 12.3 Å². The van der Waals surface area contributed by atoms with Crippen LogP contribution in [-0.2, 0) is 21.6 Å². The lowest BCUT2D eigenvalue weighted by atomic mass is 10.0. The Balaban J connectivity index is 1.72. The standard InChI is InChI=1S/C18H18FNO3S/c19-24(22,23)13-15-10-18(21)20(12-15)11-14-5-4-8-17(9-14)16-6-2-1-3-7-16/h1-9,15H,10-13H2. The van der Waals surface area contributed by atoms with Crippen molar-refractivity contribution < 1.29 is 17.1 Å². The van der Waals surface area contributed by atoms with E-state index >= 15 is 0 Å². The topological polar surface area (TPSA) is 54.5 Å². The SMILES string of the molecule is O=C1CC(CS(=O)(=O)F)CN1Cc1cccc(-c2ccccc2)c1. The molecule has 2 aromatic rings. The molecule has 0 radical (unpaired) electrons. The molecule has 0 N–H and O–H groups in total. The van der Waals surface area contributed by atoms with Gasteiger partial charge in [-0.2, -0.15) is 8.42 Å². The van der Waals surface area contributed by atoms with E-state index in [0.717, 1.165) is 16.7 Å². The number of hydrogen-bond acceptors (Lipinski definition) is 3. The van der Waals surface area contributed by atoms with Gasteiger partial charge in [0.15, 0.2) is 0 Å². The first-order valence-corrected chi connectivity index (χ1v) is 9.30. The lowest BCUT2D eigenvalue weighted by molar-refractivity contribution is -0.128. The highest BCUT2D eigenvalue weighted by Gasteiger charge is 2.32. The molecule has 1 amide bonds. The van der Waals surface area contributed by atoms with Gasteiger partial charge < -0.3 is 4.90 Å². The number of amides is 1. The van der Waals surface area contributed by atoms with Gasteiger partial charge >= 0.3 is 10.2 Å². The van der Waals surface area contributed by atoms with Crippen LogP contribution in [0.3, 0.4) is 0 Å². The number of carbonyl (C=O) groups is 1. The first-order chi connectivity index (χ1) is 11.4. The second kappa shape index (κ2) is 6.73. The van der Waals surface area contributed by atoms with Gasteiger partial charge in [-0.25, -0.2) is 0 Å². The molecule has 1 saturated heterocycles. The van der Waals surface area contributed by atoms with Crippen molar-refractivity contribution in [3.8, 4) is 11.1 Å². The molecule has 0 aromatic heterocycles. The van der Waals surface area contributed by atoms with Crippen molar-refractivity contribution in [2.24, 2.45) is 5.92 Å². The van der Waals surface area contributed by atoms with Gasteiger partial charge in [0, 0.05) is 25.4 Å². The summed E-state index contributed by atoms with van der Waals surface area (Å²) < 4.78 is 34.3. The molecule has 126 valence electrons. The smallest absolute Gasteiger partial charge is 0.302 e. The zero-order valence-corrected chi connectivity index (χ0v) is 13.9. The maximum Gasteiger partial charge on any atom is 0.302 e. The molecule has 4 nitrogen and oxygen atoms in total. The minimum absolute atomic E-state index is 0.0848. The van der Waals surface area contributed by atoms with E-state index < -0.39 is 21.9 Å². The summed E-state index contributed by atoms with van der Waals surface area (Å²) in [4.78, 5) is 13.6.